The quantitative estimate of drug-likeness (QED) is 0.595. The summed E-state index contributed by atoms with van der Waals surface area (Å²) in [6.45, 7) is 1.76. The first kappa shape index (κ1) is 22.9. The summed E-state index contributed by atoms with van der Waals surface area (Å²) in [6, 6.07) is 6.35. The molecule has 1 aliphatic rings. The van der Waals surface area contributed by atoms with Crippen LogP contribution in [0.3, 0.4) is 0 Å². The summed E-state index contributed by atoms with van der Waals surface area (Å²) in [5.74, 6) is 4.31. The third-order valence-corrected chi connectivity index (χ3v) is 5.77. The van der Waals surface area contributed by atoms with Gasteiger partial charge in [-0.3, -0.25) is 0 Å². The maximum Gasteiger partial charge on any atom is 0.224 e. The fourth-order valence-corrected chi connectivity index (χ4v) is 4.02. The van der Waals surface area contributed by atoms with Crippen LogP contribution in [0.4, 0.5) is 11.8 Å². The van der Waals surface area contributed by atoms with Gasteiger partial charge in [-0.15, -0.1) is 0 Å². The number of hydrogen-bond donors (Lipinski definition) is 2. The number of nitrogens with zero attached hydrogens (tertiary/aromatic N) is 3. The molecular weight excluding hydrogens is 394 g/mol. The van der Waals surface area contributed by atoms with E-state index in [9.17, 15) is 0 Å². The third-order valence-electron chi connectivity index (χ3n) is 5.77. The van der Waals surface area contributed by atoms with E-state index in [-0.39, 0.29) is 0 Å². The molecule has 1 saturated carbocycles. The highest BCUT2D eigenvalue weighted by molar-refractivity contribution is 5.53. The fourth-order valence-electron chi connectivity index (χ4n) is 4.02. The highest BCUT2D eigenvalue weighted by Gasteiger charge is 2.22. The molecule has 0 radical (unpaired) electrons. The topological polar surface area (TPSA) is 80.8 Å². The summed E-state index contributed by atoms with van der Waals surface area (Å²) in [5.41, 5.74) is 1.11. The first-order valence-corrected chi connectivity index (χ1v) is 10.8. The van der Waals surface area contributed by atoms with Crippen LogP contribution < -0.4 is 29.7 Å². The van der Waals surface area contributed by atoms with Gasteiger partial charge < -0.3 is 29.7 Å². The van der Waals surface area contributed by atoms with Crippen molar-refractivity contribution in [1.29, 1.82) is 0 Å². The summed E-state index contributed by atoms with van der Waals surface area (Å²) < 4.78 is 16.3. The third kappa shape index (κ3) is 6.13. The molecule has 3 rings (SSSR count). The van der Waals surface area contributed by atoms with Gasteiger partial charge in [-0.2, -0.15) is 4.98 Å². The van der Waals surface area contributed by atoms with Crippen molar-refractivity contribution >= 4 is 11.8 Å². The number of aromatic nitrogens is 2. The van der Waals surface area contributed by atoms with Crippen molar-refractivity contribution in [2.75, 3.05) is 52.2 Å². The molecule has 0 bridgehead atoms. The smallest absolute Gasteiger partial charge is 0.224 e. The van der Waals surface area contributed by atoms with E-state index in [1.807, 2.05) is 43.4 Å². The van der Waals surface area contributed by atoms with E-state index in [0.717, 1.165) is 43.3 Å². The monoisotopic (exact) mass is 429 g/mol. The van der Waals surface area contributed by atoms with Crippen LogP contribution in [0.15, 0.2) is 24.4 Å². The lowest BCUT2D eigenvalue weighted by Gasteiger charge is -2.29. The Morgan fingerprint density at radius 1 is 1.00 bits per heavy atom. The Balaban J connectivity index is 1.45. The highest BCUT2D eigenvalue weighted by Crippen LogP contribution is 2.38. The van der Waals surface area contributed by atoms with Gasteiger partial charge in [0.25, 0.3) is 0 Å². The van der Waals surface area contributed by atoms with Gasteiger partial charge in [0.2, 0.25) is 11.7 Å². The minimum Gasteiger partial charge on any atom is -0.493 e. The molecule has 0 spiro atoms. The molecule has 8 nitrogen and oxygen atoms in total. The van der Waals surface area contributed by atoms with E-state index in [0.29, 0.717) is 29.2 Å². The predicted molar refractivity (Wildman–Crippen MR) is 124 cm³/mol. The second-order valence-corrected chi connectivity index (χ2v) is 8.16. The van der Waals surface area contributed by atoms with Crippen LogP contribution in [0.2, 0.25) is 0 Å². The molecule has 1 aliphatic carbocycles. The lowest BCUT2D eigenvalue weighted by Crippen LogP contribution is -2.31. The Bertz CT molecular complexity index is 813. The lowest BCUT2D eigenvalue weighted by molar-refractivity contribution is 0.319. The van der Waals surface area contributed by atoms with E-state index in [1.54, 1.807) is 21.3 Å². The van der Waals surface area contributed by atoms with Gasteiger partial charge in [0.15, 0.2) is 11.5 Å². The maximum absolute atomic E-state index is 5.44. The fraction of sp³-hybridized carbons (Fsp3) is 0.565. The second kappa shape index (κ2) is 11.0. The van der Waals surface area contributed by atoms with Gasteiger partial charge in [0.05, 0.1) is 21.3 Å². The van der Waals surface area contributed by atoms with E-state index in [1.165, 1.54) is 12.8 Å². The Labute approximate surface area is 185 Å². The average molecular weight is 430 g/mol. The van der Waals surface area contributed by atoms with Crippen molar-refractivity contribution in [2.24, 2.45) is 5.92 Å². The molecule has 2 aromatic rings. The largest absolute Gasteiger partial charge is 0.493 e. The number of hydrogen-bond acceptors (Lipinski definition) is 8. The summed E-state index contributed by atoms with van der Waals surface area (Å²) in [7, 11) is 8.88. The number of anilines is 2. The second-order valence-electron chi connectivity index (χ2n) is 8.16. The van der Waals surface area contributed by atoms with E-state index < -0.39 is 0 Å². The molecule has 8 heteroatoms. The zero-order chi connectivity index (χ0) is 22.2. The Morgan fingerprint density at radius 2 is 1.68 bits per heavy atom. The highest BCUT2D eigenvalue weighted by atomic mass is 16.5. The Hall–Kier alpha value is -2.74. The summed E-state index contributed by atoms with van der Waals surface area (Å²) in [6.07, 6.45) is 6.45. The number of benzene rings is 1. The van der Waals surface area contributed by atoms with Crippen LogP contribution in [-0.2, 0) is 6.54 Å². The molecule has 2 N–H and O–H groups in total. The molecule has 170 valence electrons. The minimum atomic E-state index is 0.434. The van der Waals surface area contributed by atoms with Crippen LogP contribution in [0, 0.1) is 5.92 Å². The average Bonchev–Trinajstić information content (AvgIpc) is 2.79. The summed E-state index contributed by atoms with van der Waals surface area (Å²) >= 11 is 0. The van der Waals surface area contributed by atoms with Crippen molar-refractivity contribution in [3.05, 3.63) is 30.0 Å². The van der Waals surface area contributed by atoms with Crippen molar-refractivity contribution in [3.8, 4) is 17.2 Å². The number of ether oxygens (including phenoxy) is 3. The van der Waals surface area contributed by atoms with Crippen molar-refractivity contribution in [2.45, 2.75) is 38.3 Å². The van der Waals surface area contributed by atoms with E-state index in [2.05, 4.69) is 20.6 Å². The zero-order valence-electron chi connectivity index (χ0n) is 19.3. The first-order chi connectivity index (χ1) is 15.0. The van der Waals surface area contributed by atoms with Gasteiger partial charge in [-0.25, -0.2) is 4.98 Å². The zero-order valence-corrected chi connectivity index (χ0v) is 19.3. The molecule has 0 amide bonds. The van der Waals surface area contributed by atoms with Crippen molar-refractivity contribution < 1.29 is 14.2 Å². The maximum atomic E-state index is 5.44. The first-order valence-electron chi connectivity index (χ1n) is 10.8. The minimum absolute atomic E-state index is 0.434. The van der Waals surface area contributed by atoms with E-state index in [4.69, 9.17) is 14.2 Å². The van der Waals surface area contributed by atoms with E-state index >= 15 is 0 Å². The van der Waals surface area contributed by atoms with Crippen LogP contribution >= 0.6 is 0 Å². The van der Waals surface area contributed by atoms with Crippen molar-refractivity contribution in [3.63, 3.8) is 0 Å². The van der Waals surface area contributed by atoms with Gasteiger partial charge in [0.1, 0.15) is 5.82 Å². The molecule has 31 heavy (non-hydrogen) atoms. The normalized spacial score (nSPS) is 18.4. The molecule has 1 heterocycles. The molecule has 1 aromatic heterocycles. The molecule has 1 aromatic carbocycles. The lowest BCUT2D eigenvalue weighted by atomic mass is 9.86. The van der Waals surface area contributed by atoms with Crippen LogP contribution in [0.25, 0.3) is 0 Å². The standard InChI is InChI=1S/C23H35N5O3/c1-28(2)21-10-11-25-23(27-21)26-18-8-6-16(7-9-18)14-24-15-17-12-19(29-3)22(31-5)20(13-17)30-4/h10-13,16,18,24H,6-9,14-15H2,1-5H3,(H,25,26,27). The molecule has 0 unspecified atom stereocenters. The van der Waals surface area contributed by atoms with Crippen LogP contribution in [0.5, 0.6) is 17.2 Å². The number of rotatable bonds is 10. The molecule has 1 fully saturated rings. The van der Waals surface area contributed by atoms with Gasteiger partial charge >= 0.3 is 0 Å². The summed E-state index contributed by atoms with van der Waals surface area (Å²) in [4.78, 5) is 10.9. The molecule has 0 atom stereocenters. The summed E-state index contributed by atoms with van der Waals surface area (Å²) in [5, 5.41) is 7.10. The Kier molecular flexibility index (Phi) is 8.17. The SMILES string of the molecule is COc1cc(CNCC2CCC(Nc3nccc(N(C)C)n3)CC2)cc(OC)c1OC. The number of nitrogens with one attached hydrogen (secondary N) is 2. The van der Waals surface area contributed by atoms with Gasteiger partial charge in [-0.1, -0.05) is 0 Å². The Morgan fingerprint density at radius 3 is 2.26 bits per heavy atom. The van der Waals surface area contributed by atoms with Crippen LogP contribution in [-0.4, -0.2) is 58.0 Å². The molecule has 0 aliphatic heterocycles. The molecule has 0 saturated heterocycles. The van der Waals surface area contributed by atoms with Crippen molar-refractivity contribution in [1.82, 2.24) is 15.3 Å². The predicted octanol–water partition coefficient (Wildman–Crippen LogP) is 3.33. The van der Waals surface area contributed by atoms with Gasteiger partial charge in [0, 0.05) is 32.9 Å². The van der Waals surface area contributed by atoms with Gasteiger partial charge in [-0.05, 0) is 61.9 Å². The number of methoxy groups -OCH3 is 3. The molecular formula is C23H35N5O3. The van der Waals surface area contributed by atoms with Crippen LogP contribution in [0.1, 0.15) is 31.2 Å².